The average molecular weight is 708 g/mol. The monoisotopic (exact) mass is 706 g/mol. The Morgan fingerprint density at radius 1 is 0.872 bits per heavy atom. The van der Waals surface area contributed by atoms with E-state index in [0.717, 1.165) is 23.2 Å². The first kappa shape index (κ1) is 37.6. The molecule has 212 valence electrons. The predicted molar refractivity (Wildman–Crippen MR) is 167 cm³/mol. The normalized spacial score (nSPS) is 9.08. The van der Waals surface area contributed by atoms with Crippen molar-refractivity contribution in [3.63, 3.8) is 0 Å². The lowest BCUT2D eigenvalue weighted by molar-refractivity contribution is -0.134. The second kappa shape index (κ2) is 21.4. The van der Waals surface area contributed by atoms with Gasteiger partial charge in [-0.3, -0.25) is 24.6 Å². The van der Waals surface area contributed by atoms with E-state index in [1.165, 1.54) is 13.8 Å². The highest BCUT2D eigenvalue weighted by Gasteiger charge is 2.02. The molecule has 0 aromatic heterocycles. The number of nitrogens with two attached hydrogens (primary N) is 3. The van der Waals surface area contributed by atoms with Crippen LogP contribution in [0.1, 0.15) is 36.7 Å². The van der Waals surface area contributed by atoms with Gasteiger partial charge in [-0.1, -0.05) is 6.07 Å². The first-order valence-electron chi connectivity index (χ1n) is 10.3. The number of halogens is 2. The summed E-state index contributed by atoms with van der Waals surface area (Å²) >= 11 is 15.4. The van der Waals surface area contributed by atoms with Crippen molar-refractivity contribution >= 4 is 108 Å². The topological polar surface area (TPSA) is 227 Å². The molecule has 2 rings (SSSR count). The molecule has 0 heterocycles. The molecule has 11 N–H and O–H groups in total. The summed E-state index contributed by atoms with van der Waals surface area (Å²) in [6.45, 7) is 3.97. The minimum Gasteiger partial charge on any atom is -0.481 e. The van der Waals surface area contributed by atoms with Gasteiger partial charge in [0, 0.05) is 35.3 Å². The molecule has 0 aliphatic carbocycles. The van der Waals surface area contributed by atoms with Crippen LogP contribution in [-0.4, -0.2) is 45.6 Å². The van der Waals surface area contributed by atoms with E-state index in [1.807, 2.05) is 11.5 Å². The van der Waals surface area contributed by atoms with Gasteiger partial charge in [0.1, 0.15) is 6.29 Å². The molecule has 0 saturated carbocycles. The van der Waals surface area contributed by atoms with Gasteiger partial charge >= 0.3 is 0 Å². The molecule has 0 unspecified atom stereocenters. The third kappa shape index (κ3) is 22.2. The molecule has 17 heteroatoms. The van der Waals surface area contributed by atoms with E-state index in [0.29, 0.717) is 21.4 Å². The van der Waals surface area contributed by atoms with E-state index in [2.05, 4.69) is 83.3 Å². The molecule has 0 bridgehead atoms. The fourth-order valence-electron chi connectivity index (χ4n) is 1.97. The summed E-state index contributed by atoms with van der Waals surface area (Å²) in [5, 5.41) is 16.8. The highest BCUT2D eigenvalue weighted by atomic mass is 79.9. The van der Waals surface area contributed by atoms with Crippen molar-refractivity contribution in [3.8, 4) is 0 Å². The maximum Gasteiger partial charge on any atom is 0.300 e. The number of carboxylic acids is 1. The van der Waals surface area contributed by atoms with Crippen LogP contribution >= 0.6 is 56.3 Å². The number of hydrogen-bond acceptors (Lipinski definition) is 8. The number of carbonyl (C=O) groups is 4. The van der Waals surface area contributed by atoms with Crippen LogP contribution in [0.4, 0.5) is 11.4 Å². The number of aldehydes is 1. The van der Waals surface area contributed by atoms with Crippen molar-refractivity contribution in [2.24, 2.45) is 22.4 Å². The lowest BCUT2D eigenvalue weighted by Crippen LogP contribution is -2.34. The van der Waals surface area contributed by atoms with Gasteiger partial charge in [0.25, 0.3) is 5.97 Å². The quantitative estimate of drug-likeness (QED) is 0.0738. The number of nitrogens with one attached hydrogen (secondary N) is 4. The van der Waals surface area contributed by atoms with Crippen LogP contribution in [0.5, 0.6) is 0 Å². The van der Waals surface area contributed by atoms with Crippen LogP contribution in [0.2, 0.25) is 0 Å². The van der Waals surface area contributed by atoms with Crippen LogP contribution in [0.3, 0.4) is 0 Å². The molecular weight excluding hydrogens is 680 g/mol. The Labute approximate surface area is 252 Å². The van der Waals surface area contributed by atoms with Gasteiger partial charge in [0.05, 0.1) is 17.6 Å². The van der Waals surface area contributed by atoms with E-state index in [1.54, 1.807) is 36.5 Å². The van der Waals surface area contributed by atoms with Gasteiger partial charge in [0.2, 0.25) is 11.8 Å². The highest BCUT2D eigenvalue weighted by molar-refractivity contribution is 9.11. The van der Waals surface area contributed by atoms with Crippen LogP contribution in [-0.2, 0) is 14.4 Å². The number of rotatable bonds is 5. The van der Waals surface area contributed by atoms with E-state index in [4.69, 9.17) is 21.4 Å². The number of aliphatic carboxylic acids is 1. The van der Waals surface area contributed by atoms with E-state index in [-0.39, 0.29) is 22.0 Å². The summed E-state index contributed by atoms with van der Waals surface area (Å²) in [6, 6.07) is 10.4. The second-order valence-corrected chi connectivity index (χ2v) is 9.31. The number of hydrazone groups is 1. The molecule has 0 spiro atoms. The molecule has 0 aliphatic heterocycles. The fraction of sp³-hybridized carbons (Fsp3) is 0.136. The molecule has 0 aliphatic rings. The van der Waals surface area contributed by atoms with Gasteiger partial charge in [-0.2, -0.15) is 5.10 Å². The molecule has 0 saturated heterocycles. The Balaban J connectivity index is 0. The zero-order valence-electron chi connectivity index (χ0n) is 21.0. The minimum atomic E-state index is -0.833. The smallest absolute Gasteiger partial charge is 0.300 e. The van der Waals surface area contributed by atoms with E-state index < -0.39 is 5.97 Å². The molecule has 39 heavy (non-hydrogen) atoms. The summed E-state index contributed by atoms with van der Waals surface area (Å²) < 4.78 is 1.47. The largest absolute Gasteiger partial charge is 0.481 e. The van der Waals surface area contributed by atoms with Gasteiger partial charge in [-0.25, -0.2) is 5.84 Å². The van der Waals surface area contributed by atoms with Gasteiger partial charge in [0.15, 0.2) is 10.2 Å². The standard InChI is InChI=1S/C10H11BrN4OS.C9H8BrNO2.C2H4O2.CH5N3S/c1-6(16)14-9-3-2-7(4-8(9)11)5-13-15-10(12)17;1-6(13)11-9-3-2-7(5-12)4-8(9)10;1-2(3)4;2-1(5)4-3/h2-5H,1H3,(H,14,16)(H3,12,15,17);2-5H,1H3,(H,11,13);1H3,(H,3,4);3H2,(H3,2,4,5)/b13-5+;;;. The second-order valence-electron chi connectivity index (χ2n) is 6.72. The van der Waals surface area contributed by atoms with Gasteiger partial charge in [-0.15, -0.1) is 0 Å². The Kier molecular flexibility index (Phi) is 20.7. The first-order valence-corrected chi connectivity index (χ1v) is 12.7. The Hall–Kier alpha value is -3.51. The number of nitrogens with zero attached hydrogens (tertiary/aromatic N) is 1. The zero-order valence-corrected chi connectivity index (χ0v) is 25.8. The van der Waals surface area contributed by atoms with Crippen LogP contribution in [0, 0.1) is 0 Å². The highest BCUT2D eigenvalue weighted by Crippen LogP contribution is 2.23. The summed E-state index contributed by atoms with van der Waals surface area (Å²) in [5.74, 6) is 3.56. The summed E-state index contributed by atoms with van der Waals surface area (Å²) in [6.07, 6.45) is 2.32. The van der Waals surface area contributed by atoms with Crippen molar-refractivity contribution in [1.29, 1.82) is 0 Å². The number of hydrazine groups is 1. The van der Waals surface area contributed by atoms with E-state index in [9.17, 15) is 14.4 Å². The summed E-state index contributed by atoms with van der Waals surface area (Å²) in [5.41, 5.74) is 17.3. The number of carboxylic acid groups (broad SMARTS) is 1. The Bertz CT molecular complexity index is 1200. The zero-order chi connectivity index (χ0) is 30.5. The summed E-state index contributed by atoms with van der Waals surface area (Å²) in [4.78, 5) is 41.0. The third-order valence-corrected chi connectivity index (χ3v) is 4.80. The number of anilines is 2. The average Bonchev–Trinajstić information content (AvgIpc) is 2.82. The predicted octanol–water partition coefficient (Wildman–Crippen LogP) is 2.58. The maximum absolute atomic E-state index is 10.9. The van der Waals surface area contributed by atoms with Crippen molar-refractivity contribution in [2.45, 2.75) is 20.8 Å². The Morgan fingerprint density at radius 3 is 1.56 bits per heavy atom. The van der Waals surface area contributed by atoms with Gasteiger partial charge in [-0.05, 0) is 92.2 Å². The number of carbonyl (C=O) groups excluding carboxylic acids is 3. The van der Waals surface area contributed by atoms with Crippen LogP contribution in [0.25, 0.3) is 0 Å². The SMILES string of the molecule is CC(=O)Nc1ccc(/C=N/NC(N)=S)cc1Br.CC(=O)Nc1ccc(C=O)cc1Br.CC(=O)O.NNC(N)=S. The fourth-order valence-corrected chi connectivity index (χ4v) is 3.01. The van der Waals surface area contributed by atoms with Crippen molar-refractivity contribution in [3.05, 3.63) is 56.5 Å². The summed E-state index contributed by atoms with van der Waals surface area (Å²) in [7, 11) is 0. The minimum absolute atomic E-state index is 0.107. The lowest BCUT2D eigenvalue weighted by Gasteiger charge is -2.05. The molecular formula is C22H28Br2N8O5S2. The number of amides is 2. The molecule has 2 aromatic rings. The van der Waals surface area contributed by atoms with E-state index >= 15 is 0 Å². The maximum atomic E-state index is 10.9. The number of hydrogen-bond donors (Lipinski definition) is 8. The lowest BCUT2D eigenvalue weighted by atomic mass is 10.2. The molecule has 2 aromatic carbocycles. The third-order valence-electron chi connectivity index (χ3n) is 3.27. The molecule has 0 atom stereocenters. The first-order chi connectivity index (χ1) is 18.1. The van der Waals surface area contributed by atoms with Crippen LogP contribution < -0.4 is 38.8 Å². The molecule has 0 radical (unpaired) electrons. The van der Waals surface area contributed by atoms with Gasteiger partial charge < -0.3 is 32.6 Å². The van der Waals surface area contributed by atoms with Crippen molar-refractivity contribution in [2.75, 3.05) is 10.6 Å². The van der Waals surface area contributed by atoms with Crippen molar-refractivity contribution in [1.82, 2.24) is 10.9 Å². The van der Waals surface area contributed by atoms with Crippen LogP contribution in [0.15, 0.2) is 50.4 Å². The molecule has 2 amide bonds. The molecule has 13 nitrogen and oxygen atoms in total. The number of thiocarbonyl (C=S) groups is 2. The number of benzene rings is 2. The molecule has 0 fully saturated rings. The van der Waals surface area contributed by atoms with Crippen molar-refractivity contribution < 1.29 is 24.3 Å². The Morgan fingerprint density at radius 2 is 1.26 bits per heavy atom.